The first-order chi connectivity index (χ1) is 10.0. The van der Waals surface area contributed by atoms with Crippen LogP contribution in [0.25, 0.3) is 0 Å². The van der Waals surface area contributed by atoms with Gasteiger partial charge in [-0.05, 0) is 46.6 Å². The molecule has 1 aromatic carbocycles. The van der Waals surface area contributed by atoms with Gasteiger partial charge in [-0.3, -0.25) is 0 Å². The van der Waals surface area contributed by atoms with Gasteiger partial charge in [0.1, 0.15) is 0 Å². The molecular weight excluding hydrogens is 356 g/mol. The molecule has 0 amide bonds. The third kappa shape index (κ3) is 3.80. The quantitative estimate of drug-likeness (QED) is 0.775. The van der Waals surface area contributed by atoms with Gasteiger partial charge in [0.25, 0.3) is 0 Å². The second kappa shape index (κ2) is 7.00. The third-order valence-corrected chi connectivity index (χ3v) is 3.82. The normalized spacial score (nSPS) is 11.9. The summed E-state index contributed by atoms with van der Waals surface area (Å²) in [7, 11) is 3.24. The Kier molecular flexibility index (Phi) is 5.31. The first-order valence-corrected chi connectivity index (χ1v) is 7.51. The summed E-state index contributed by atoms with van der Waals surface area (Å²) in [6.07, 6.45) is 1.66. The number of nitrogens with one attached hydrogen (secondary N) is 1. The molecule has 0 fully saturated rings. The molecule has 2 aromatic rings. The van der Waals surface area contributed by atoms with Crippen LogP contribution >= 0.6 is 27.5 Å². The summed E-state index contributed by atoms with van der Waals surface area (Å²) < 4.78 is 11.4. The second-order valence-corrected chi connectivity index (χ2v) is 5.75. The summed E-state index contributed by atoms with van der Waals surface area (Å²) in [4.78, 5) is 4.10. The molecule has 0 saturated heterocycles. The Morgan fingerprint density at radius 3 is 2.57 bits per heavy atom. The number of nitrogens with zero attached hydrogens (tertiary/aromatic N) is 1. The maximum Gasteiger partial charge on any atom is 0.161 e. The maximum atomic E-state index is 6.09. The van der Waals surface area contributed by atoms with Crippen LogP contribution in [0.1, 0.15) is 18.5 Å². The predicted molar refractivity (Wildman–Crippen MR) is 88.5 cm³/mol. The van der Waals surface area contributed by atoms with E-state index < -0.39 is 0 Å². The Bertz CT molecular complexity index is 637. The summed E-state index contributed by atoms with van der Waals surface area (Å²) in [6.45, 7) is 2.04. The molecule has 6 heteroatoms. The number of hydrogen-bond acceptors (Lipinski definition) is 4. The van der Waals surface area contributed by atoms with Crippen LogP contribution in [0.5, 0.6) is 11.5 Å². The zero-order chi connectivity index (χ0) is 15.4. The zero-order valence-corrected chi connectivity index (χ0v) is 14.3. The van der Waals surface area contributed by atoms with Gasteiger partial charge in [0, 0.05) is 16.7 Å². The van der Waals surface area contributed by atoms with E-state index in [0.29, 0.717) is 16.7 Å². The van der Waals surface area contributed by atoms with Gasteiger partial charge in [0.15, 0.2) is 16.7 Å². The molecule has 1 unspecified atom stereocenters. The number of halogens is 2. The first kappa shape index (κ1) is 15.9. The van der Waals surface area contributed by atoms with Crippen LogP contribution in [0.4, 0.5) is 5.69 Å². The molecule has 0 aliphatic carbocycles. The van der Waals surface area contributed by atoms with Crippen LogP contribution in [-0.2, 0) is 0 Å². The fraction of sp³-hybridized carbons (Fsp3) is 0.267. The van der Waals surface area contributed by atoms with Crippen molar-refractivity contribution in [3.05, 3.63) is 45.7 Å². The largest absolute Gasteiger partial charge is 0.493 e. The van der Waals surface area contributed by atoms with Crippen LogP contribution in [0.2, 0.25) is 5.15 Å². The molecule has 4 nitrogen and oxygen atoms in total. The van der Waals surface area contributed by atoms with E-state index in [1.807, 2.05) is 31.2 Å². The Balaban J connectivity index is 2.24. The molecule has 0 aliphatic heterocycles. The van der Waals surface area contributed by atoms with Crippen molar-refractivity contribution in [1.82, 2.24) is 4.98 Å². The smallest absolute Gasteiger partial charge is 0.161 e. The number of benzene rings is 1. The van der Waals surface area contributed by atoms with Crippen molar-refractivity contribution < 1.29 is 9.47 Å². The molecule has 0 saturated carbocycles. The van der Waals surface area contributed by atoms with Crippen LogP contribution in [0.15, 0.2) is 34.9 Å². The first-order valence-electron chi connectivity index (χ1n) is 6.34. The van der Waals surface area contributed by atoms with Crippen LogP contribution in [-0.4, -0.2) is 19.2 Å². The maximum absolute atomic E-state index is 6.09. The number of hydrogen-bond donors (Lipinski definition) is 1. The summed E-state index contributed by atoms with van der Waals surface area (Å²) >= 11 is 9.48. The monoisotopic (exact) mass is 370 g/mol. The highest BCUT2D eigenvalue weighted by Gasteiger charge is 2.12. The predicted octanol–water partition coefficient (Wildman–Crippen LogP) is 4.69. The standard InChI is InChI=1S/C15H16BrClN2O2/c1-9(19-12-7-11(16)8-18-15(12)17)10-4-5-13(20-2)14(6-10)21-3/h4-9,19H,1-3H3. The fourth-order valence-electron chi connectivity index (χ4n) is 1.96. The number of methoxy groups -OCH3 is 2. The van der Waals surface area contributed by atoms with Crippen molar-refractivity contribution in [1.29, 1.82) is 0 Å². The van der Waals surface area contributed by atoms with Gasteiger partial charge in [-0.1, -0.05) is 17.7 Å². The lowest BCUT2D eigenvalue weighted by molar-refractivity contribution is 0.354. The molecule has 0 radical (unpaired) electrons. The van der Waals surface area contributed by atoms with E-state index in [1.54, 1.807) is 20.4 Å². The molecule has 0 spiro atoms. The van der Waals surface area contributed by atoms with Crippen molar-refractivity contribution in [3.63, 3.8) is 0 Å². The molecule has 0 bridgehead atoms. The Morgan fingerprint density at radius 2 is 1.90 bits per heavy atom. The number of aromatic nitrogens is 1. The summed E-state index contributed by atoms with van der Waals surface area (Å²) in [5.74, 6) is 1.40. The van der Waals surface area contributed by atoms with Crippen molar-refractivity contribution >= 4 is 33.2 Å². The van der Waals surface area contributed by atoms with Gasteiger partial charge in [-0.25, -0.2) is 4.98 Å². The molecule has 1 heterocycles. The van der Waals surface area contributed by atoms with Crippen molar-refractivity contribution in [2.45, 2.75) is 13.0 Å². The highest BCUT2D eigenvalue weighted by molar-refractivity contribution is 9.10. The van der Waals surface area contributed by atoms with Crippen molar-refractivity contribution in [2.75, 3.05) is 19.5 Å². The minimum atomic E-state index is 0.0402. The fourth-order valence-corrected chi connectivity index (χ4v) is 2.45. The van der Waals surface area contributed by atoms with Gasteiger partial charge < -0.3 is 14.8 Å². The number of rotatable bonds is 5. The van der Waals surface area contributed by atoms with Crippen LogP contribution in [0.3, 0.4) is 0 Å². The van der Waals surface area contributed by atoms with E-state index >= 15 is 0 Å². The topological polar surface area (TPSA) is 43.4 Å². The Hall–Kier alpha value is -1.46. The van der Waals surface area contributed by atoms with Crippen molar-refractivity contribution in [2.24, 2.45) is 0 Å². The van der Waals surface area contributed by atoms with Crippen LogP contribution < -0.4 is 14.8 Å². The lowest BCUT2D eigenvalue weighted by Crippen LogP contribution is -2.08. The van der Waals surface area contributed by atoms with Crippen LogP contribution in [0, 0.1) is 0 Å². The molecule has 0 aliphatic rings. The average Bonchev–Trinajstić information content (AvgIpc) is 2.50. The van der Waals surface area contributed by atoms with Crippen molar-refractivity contribution in [3.8, 4) is 11.5 Å². The van der Waals surface area contributed by atoms with Gasteiger partial charge in [0.2, 0.25) is 0 Å². The number of anilines is 1. The second-order valence-electron chi connectivity index (χ2n) is 4.47. The van der Waals surface area contributed by atoms with Gasteiger partial charge >= 0.3 is 0 Å². The summed E-state index contributed by atoms with van der Waals surface area (Å²) in [5, 5.41) is 3.77. The van der Waals surface area contributed by atoms with E-state index in [0.717, 1.165) is 15.7 Å². The Morgan fingerprint density at radius 1 is 1.19 bits per heavy atom. The lowest BCUT2D eigenvalue weighted by Gasteiger charge is -2.18. The van der Waals surface area contributed by atoms with E-state index in [4.69, 9.17) is 21.1 Å². The molecule has 2 rings (SSSR count). The summed E-state index contributed by atoms with van der Waals surface area (Å²) in [5.41, 5.74) is 1.83. The lowest BCUT2D eigenvalue weighted by atomic mass is 10.1. The van der Waals surface area contributed by atoms with Gasteiger partial charge in [-0.2, -0.15) is 0 Å². The molecule has 1 atom stereocenters. The van der Waals surface area contributed by atoms with Gasteiger partial charge in [0.05, 0.1) is 19.9 Å². The van der Waals surface area contributed by atoms with E-state index in [9.17, 15) is 0 Å². The van der Waals surface area contributed by atoms with E-state index in [1.165, 1.54) is 0 Å². The molecule has 21 heavy (non-hydrogen) atoms. The minimum Gasteiger partial charge on any atom is -0.493 e. The SMILES string of the molecule is COc1ccc(C(C)Nc2cc(Br)cnc2Cl)cc1OC. The van der Waals surface area contributed by atoms with Gasteiger partial charge in [-0.15, -0.1) is 0 Å². The Labute approximate surface area is 137 Å². The highest BCUT2D eigenvalue weighted by atomic mass is 79.9. The number of ether oxygens (including phenoxy) is 2. The third-order valence-electron chi connectivity index (χ3n) is 3.09. The zero-order valence-electron chi connectivity index (χ0n) is 12.0. The molecule has 112 valence electrons. The molecule has 1 N–H and O–H groups in total. The highest BCUT2D eigenvalue weighted by Crippen LogP contribution is 2.32. The number of pyridine rings is 1. The minimum absolute atomic E-state index is 0.0402. The average molecular weight is 372 g/mol. The van der Waals surface area contributed by atoms with E-state index in [2.05, 4.69) is 26.2 Å². The van der Waals surface area contributed by atoms with E-state index in [-0.39, 0.29) is 6.04 Å². The molecule has 1 aromatic heterocycles. The summed E-state index contributed by atoms with van der Waals surface area (Å²) in [6, 6.07) is 7.74. The molecular formula is C15H16BrClN2O2.